The molecule has 0 aliphatic rings. The van der Waals surface area contributed by atoms with Crippen LogP contribution in [0.1, 0.15) is 0 Å². The topological polar surface area (TPSA) is 36.3 Å². The number of hydrogen-bond acceptors (Lipinski definition) is 3. The molecule has 1 heterocycles. The number of nitrogens with zero attached hydrogens (tertiary/aromatic N) is 2. The summed E-state index contributed by atoms with van der Waals surface area (Å²) in [6.45, 7) is 0. The highest BCUT2D eigenvalue weighted by Crippen LogP contribution is 2.33. The first kappa shape index (κ1) is 17.8. The predicted octanol–water partition coefficient (Wildman–Crippen LogP) is 5.36. The molecule has 0 saturated carbocycles. The average Bonchev–Trinajstić information content (AvgIpc) is 3.19. The largest absolute Gasteiger partial charge is 0.497 e. The molecule has 0 N–H and O–H groups in total. The Labute approximate surface area is 162 Å². The van der Waals surface area contributed by atoms with E-state index in [1.807, 2.05) is 60.8 Å². The van der Waals surface area contributed by atoms with Gasteiger partial charge < -0.3 is 9.47 Å². The molecule has 4 aromatic rings. The second-order valence-corrected chi connectivity index (χ2v) is 6.27. The van der Waals surface area contributed by atoms with Gasteiger partial charge in [-0.15, -0.1) is 0 Å². The Kier molecular flexibility index (Phi) is 4.81. The van der Waals surface area contributed by atoms with E-state index in [2.05, 4.69) is 0 Å². The highest BCUT2D eigenvalue weighted by atomic mass is 19.1. The minimum absolute atomic E-state index is 0.294. The van der Waals surface area contributed by atoms with Gasteiger partial charge in [0.25, 0.3) is 0 Å². The van der Waals surface area contributed by atoms with Crippen molar-refractivity contribution >= 4 is 0 Å². The Bertz CT molecular complexity index is 1090. The van der Waals surface area contributed by atoms with Crippen LogP contribution >= 0.6 is 0 Å². The zero-order valence-corrected chi connectivity index (χ0v) is 15.6. The van der Waals surface area contributed by atoms with Crippen LogP contribution in [-0.2, 0) is 0 Å². The quantitative estimate of drug-likeness (QED) is 0.472. The van der Waals surface area contributed by atoms with Gasteiger partial charge in [0.1, 0.15) is 23.0 Å². The number of halogens is 1. The molecule has 0 saturated heterocycles. The molecule has 1 aromatic heterocycles. The number of aromatic nitrogens is 2. The minimum atomic E-state index is -0.294. The van der Waals surface area contributed by atoms with Crippen molar-refractivity contribution in [3.05, 3.63) is 84.8 Å². The van der Waals surface area contributed by atoms with Gasteiger partial charge in [-0.2, -0.15) is 5.10 Å². The standard InChI is InChI=1S/C23H19FN2O2/c1-27-20-10-6-16(7-11-20)22-15-26(19-8-12-21(28-2)13-9-19)25-23(22)17-4-3-5-18(24)14-17/h3-15H,1-2H3. The van der Waals surface area contributed by atoms with Crippen LogP contribution in [0.15, 0.2) is 79.0 Å². The van der Waals surface area contributed by atoms with Crippen molar-refractivity contribution in [2.45, 2.75) is 0 Å². The summed E-state index contributed by atoms with van der Waals surface area (Å²) in [5, 5.41) is 4.74. The molecule has 140 valence electrons. The SMILES string of the molecule is COc1ccc(-c2cn(-c3ccc(OC)cc3)nc2-c2cccc(F)c2)cc1. The van der Waals surface area contributed by atoms with E-state index in [0.29, 0.717) is 5.69 Å². The maximum absolute atomic E-state index is 13.8. The Morgan fingerprint density at radius 3 is 2.04 bits per heavy atom. The first-order valence-electron chi connectivity index (χ1n) is 8.82. The number of ether oxygens (including phenoxy) is 2. The molecule has 28 heavy (non-hydrogen) atoms. The van der Waals surface area contributed by atoms with Crippen molar-refractivity contribution in [1.29, 1.82) is 0 Å². The fourth-order valence-electron chi connectivity index (χ4n) is 3.07. The van der Waals surface area contributed by atoms with E-state index in [-0.39, 0.29) is 5.82 Å². The van der Waals surface area contributed by atoms with E-state index in [1.54, 1.807) is 25.0 Å². The van der Waals surface area contributed by atoms with Crippen LogP contribution in [0.2, 0.25) is 0 Å². The lowest BCUT2D eigenvalue weighted by Gasteiger charge is -2.04. The van der Waals surface area contributed by atoms with Crippen molar-refractivity contribution in [3.63, 3.8) is 0 Å². The molecule has 0 spiro atoms. The van der Waals surface area contributed by atoms with Crippen molar-refractivity contribution in [2.75, 3.05) is 14.2 Å². The lowest BCUT2D eigenvalue weighted by molar-refractivity contribution is 0.414. The lowest BCUT2D eigenvalue weighted by Crippen LogP contribution is -1.95. The van der Waals surface area contributed by atoms with E-state index in [1.165, 1.54) is 12.1 Å². The molecule has 0 aliphatic heterocycles. The molecule has 0 radical (unpaired) electrons. The normalized spacial score (nSPS) is 10.7. The summed E-state index contributed by atoms with van der Waals surface area (Å²) < 4.78 is 26.1. The zero-order valence-electron chi connectivity index (χ0n) is 15.6. The van der Waals surface area contributed by atoms with Gasteiger partial charge in [-0.05, 0) is 54.1 Å². The summed E-state index contributed by atoms with van der Waals surface area (Å²) in [5.41, 5.74) is 4.20. The van der Waals surface area contributed by atoms with Crippen LogP contribution in [0.25, 0.3) is 28.1 Å². The molecule has 3 aromatic carbocycles. The van der Waals surface area contributed by atoms with Crippen molar-refractivity contribution in [2.24, 2.45) is 0 Å². The number of methoxy groups -OCH3 is 2. The monoisotopic (exact) mass is 374 g/mol. The van der Waals surface area contributed by atoms with E-state index in [9.17, 15) is 4.39 Å². The van der Waals surface area contributed by atoms with E-state index >= 15 is 0 Å². The Morgan fingerprint density at radius 1 is 0.786 bits per heavy atom. The third kappa shape index (κ3) is 3.47. The maximum atomic E-state index is 13.8. The third-order valence-corrected chi connectivity index (χ3v) is 4.55. The van der Waals surface area contributed by atoms with Gasteiger partial charge in [0.15, 0.2) is 0 Å². The second kappa shape index (κ2) is 7.56. The van der Waals surface area contributed by atoms with Gasteiger partial charge in [0.2, 0.25) is 0 Å². The lowest BCUT2D eigenvalue weighted by atomic mass is 10.0. The number of rotatable bonds is 5. The zero-order chi connectivity index (χ0) is 19.5. The third-order valence-electron chi connectivity index (χ3n) is 4.55. The average molecular weight is 374 g/mol. The van der Waals surface area contributed by atoms with Gasteiger partial charge >= 0.3 is 0 Å². The van der Waals surface area contributed by atoms with Crippen LogP contribution in [0.5, 0.6) is 11.5 Å². The highest BCUT2D eigenvalue weighted by Gasteiger charge is 2.15. The van der Waals surface area contributed by atoms with Crippen LogP contribution in [0.3, 0.4) is 0 Å². The molecule has 0 bridgehead atoms. The van der Waals surface area contributed by atoms with E-state index < -0.39 is 0 Å². The summed E-state index contributed by atoms with van der Waals surface area (Å²) in [4.78, 5) is 0. The van der Waals surface area contributed by atoms with Gasteiger partial charge in [-0.25, -0.2) is 9.07 Å². The molecule has 0 aliphatic carbocycles. The van der Waals surface area contributed by atoms with Gasteiger partial charge in [0, 0.05) is 17.3 Å². The van der Waals surface area contributed by atoms with Gasteiger partial charge in [-0.1, -0.05) is 24.3 Å². The predicted molar refractivity (Wildman–Crippen MR) is 107 cm³/mol. The molecule has 5 heteroatoms. The highest BCUT2D eigenvalue weighted by molar-refractivity contribution is 5.81. The Balaban J connectivity index is 1.85. The van der Waals surface area contributed by atoms with Crippen LogP contribution < -0.4 is 9.47 Å². The summed E-state index contributed by atoms with van der Waals surface area (Å²) in [7, 11) is 3.27. The van der Waals surface area contributed by atoms with Crippen LogP contribution in [-0.4, -0.2) is 24.0 Å². The molecular formula is C23H19FN2O2. The van der Waals surface area contributed by atoms with Crippen molar-refractivity contribution < 1.29 is 13.9 Å². The smallest absolute Gasteiger partial charge is 0.123 e. The summed E-state index contributed by atoms with van der Waals surface area (Å²) in [6.07, 6.45) is 1.95. The Hall–Kier alpha value is -3.60. The summed E-state index contributed by atoms with van der Waals surface area (Å²) in [6, 6.07) is 21.8. The fourth-order valence-corrected chi connectivity index (χ4v) is 3.07. The van der Waals surface area contributed by atoms with Crippen molar-refractivity contribution in [1.82, 2.24) is 9.78 Å². The van der Waals surface area contributed by atoms with E-state index in [4.69, 9.17) is 14.6 Å². The molecular weight excluding hydrogens is 355 g/mol. The molecule has 0 atom stereocenters. The molecule has 0 fully saturated rings. The van der Waals surface area contributed by atoms with Gasteiger partial charge in [0.05, 0.1) is 19.9 Å². The van der Waals surface area contributed by atoms with Crippen LogP contribution in [0.4, 0.5) is 4.39 Å². The number of hydrogen-bond donors (Lipinski definition) is 0. The summed E-state index contributed by atoms with van der Waals surface area (Å²) in [5.74, 6) is 1.26. The van der Waals surface area contributed by atoms with E-state index in [0.717, 1.165) is 33.9 Å². The first-order chi connectivity index (χ1) is 13.7. The Morgan fingerprint density at radius 2 is 1.43 bits per heavy atom. The van der Waals surface area contributed by atoms with Crippen LogP contribution in [0, 0.1) is 5.82 Å². The molecule has 0 unspecified atom stereocenters. The van der Waals surface area contributed by atoms with Crippen molar-refractivity contribution in [3.8, 4) is 39.6 Å². The summed E-state index contributed by atoms with van der Waals surface area (Å²) >= 11 is 0. The minimum Gasteiger partial charge on any atom is -0.497 e. The molecule has 0 amide bonds. The second-order valence-electron chi connectivity index (χ2n) is 6.27. The maximum Gasteiger partial charge on any atom is 0.123 e. The fraction of sp³-hybridized carbons (Fsp3) is 0.0870. The first-order valence-corrected chi connectivity index (χ1v) is 8.82. The molecule has 4 rings (SSSR count). The van der Waals surface area contributed by atoms with Gasteiger partial charge in [-0.3, -0.25) is 0 Å². The molecule has 4 nitrogen and oxygen atoms in total. The number of benzene rings is 3.